The van der Waals surface area contributed by atoms with E-state index in [4.69, 9.17) is 24.9 Å². The molecule has 0 radical (unpaired) electrons. The Bertz CT molecular complexity index is 1550. The van der Waals surface area contributed by atoms with Crippen LogP contribution in [0.1, 0.15) is 31.8 Å². The van der Waals surface area contributed by atoms with Crippen molar-refractivity contribution < 1.29 is 37.4 Å². The number of aliphatic hydroxyl groups excluding tert-OH is 1. The number of ether oxygens (including phenoxy) is 2. The molecular weight excluding hydrogens is 570 g/mol. The zero-order valence-electron chi connectivity index (χ0n) is 23.5. The van der Waals surface area contributed by atoms with Gasteiger partial charge in [-0.1, -0.05) is 24.1 Å². The summed E-state index contributed by atoms with van der Waals surface area (Å²) in [6.07, 6.45) is 4.13. The molecule has 1 saturated heterocycles. The number of esters is 1. The maximum atomic E-state index is 16.3. The number of anilines is 1. The Kier molecular flexibility index (Phi) is 8.24. The predicted molar refractivity (Wildman–Crippen MR) is 149 cm³/mol. The van der Waals surface area contributed by atoms with E-state index in [0.717, 1.165) is 12.8 Å². The number of nitrogens with one attached hydrogen (secondary N) is 1. The monoisotopic (exact) mass is 602 g/mol. The van der Waals surface area contributed by atoms with Crippen molar-refractivity contribution in [3.05, 3.63) is 42.5 Å². The minimum Gasteiger partial charge on any atom is -0.468 e. The normalized spacial score (nSPS) is 25.9. The van der Waals surface area contributed by atoms with Crippen LogP contribution in [0.2, 0.25) is 0 Å². The van der Waals surface area contributed by atoms with Crippen molar-refractivity contribution in [2.45, 2.75) is 62.9 Å². The number of alkyl halides is 1. The molecule has 0 bridgehead atoms. The van der Waals surface area contributed by atoms with Gasteiger partial charge in [-0.2, -0.15) is 5.09 Å². The number of rotatable bonds is 11. The molecule has 1 aromatic carbocycles. The van der Waals surface area contributed by atoms with Crippen molar-refractivity contribution in [1.82, 2.24) is 24.6 Å². The molecule has 2 fully saturated rings. The fraction of sp³-hybridized carbons (Fsp3) is 0.481. The summed E-state index contributed by atoms with van der Waals surface area (Å²) in [4.78, 5) is 27.4. The second kappa shape index (κ2) is 11.6. The number of carbonyl (C=O) groups excluding carboxylic acids is 1. The Morgan fingerprint density at radius 3 is 2.74 bits per heavy atom. The van der Waals surface area contributed by atoms with Gasteiger partial charge in [0.05, 0.1) is 20.0 Å². The average molecular weight is 603 g/mol. The number of methoxy groups -OCH3 is 1. The number of aliphatic hydroxyl groups is 1. The maximum absolute atomic E-state index is 16.3. The van der Waals surface area contributed by atoms with Crippen LogP contribution >= 0.6 is 7.75 Å². The van der Waals surface area contributed by atoms with Gasteiger partial charge in [-0.25, -0.2) is 23.9 Å². The van der Waals surface area contributed by atoms with Gasteiger partial charge in [0.25, 0.3) is 0 Å². The van der Waals surface area contributed by atoms with E-state index in [0.29, 0.717) is 23.2 Å². The molecule has 224 valence electrons. The number of fused-ring (bicyclic) bond motifs is 1. The molecule has 2 aromatic heterocycles. The van der Waals surface area contributed by atoms with Crippen LogP contribution in [0.5, 0.6) is 5.75 Å². The van der Waals surface area contributed by atoms with E-state index in [1.54, 1.807) is 25.1 Å². The molecule has 42 heavy (non-hydrogen) atoms. The van der Waals surface area contributed by atoms with Gasteiger partial charge in [-0.15, -0.1) is 6.42 Å². The molecule has 13 nitrogen and oxygen atoms in total. The third kappa shape index (κ3) is 5.71. The quantitative estimate of drug-likeness (QED) is 0.189. The Labute approximate surface area is 241 Å². The van der Waals surface area contributed by atoms with Crippen LogP contribution in [0.4, 0.5) is 10.2 Å². The lowest BCUT2D eigenvalue weighted by Crippen LogP contribution is -2.42. The molecule has 5 rings (SSSR count). The van der Waals surface area contributed by atoms with Crippen molar-refractivity contribution in [2.75, 3.05) is 25.7 Å². The number of aryl methyl sites for hydroxylation is 1. The van der Waals surface area contributed by atoms with Gasteiger partial charge >= 0.3 is 13.7 Å². The molecule has 15 heteroatoms. The summed E-state index contributed by atoms with van der Waals surface area (Å²) in [6, 6.07) is 7.32. The number of para-hydroxylation sites is 1. The number of imidazole rings is 1. The number of hydrogen-bond acceptors (Lipinski definition) is 11. The topological polar surface area (TPSA) is 150 Å². The number of hydrogen-bond donors (Lipinski definition) is 2. The first-order valence-electron chi connectivity index (χ1n) is 13.3. The SMILES string of the molecule is C#C[C@@]1(F)[C@H](O)[C@@H](COP(=O)(N[C@H](C)C(=O)OC)Oc2ccccc2)O[C@H]1n1cnc2c(N(C)C3CC3)nc(C)nc21. The van der Waals surface area contributed by atoms with E-state index in [9.17, 15) is 14.5 Å². The Morgan fingerprint density at radius 2 is 2.10 bits per heavy atom. The van der Waals surface area contributed by atoms with E-state index in [1.165, 1.54) is 37.1 Å². The van der Waals surface area contributed by atoms with Crippen LogP contribution in [0.15, 0.2) is 36.7 Å². The van der Waals surface area contributed by atoms with Gasteiger partial charge in [0.1, 0.15) is 29.8 Å². The van der Waals surface area contributed by atoms with Gasteiger partial charge in [-0.3, -0.25) is 13.9 Å². The second-order valence-electron chi connectivity index (χ2n) is 10.2. The Hall–Kier alpha value is -3.60. The van der Waals surface area contributed by atoms with E-state index in [-0.39, 0.29) is 11.4 Å². The van der Waals surface area contributed by atoms with E-state index >= 15 is 4.39 Å². The third-order valence-corrected chi connectivity index (χ3v) is 8.79. The van der Waals surface area contributed by atoms with Crippen molar-refractivity contribution >= 4 is 30.7 Å². The van der Waals surface area contributed by atoms with Crippen molar-refractivity contribution in [3.8, 4) is 18.1 Å². The van der Waals surface area contributed by atoms with Crippen LogP contribution in [0.25, 0.3) is 11.2 Å². The molecule has 6 atom stereocenters. The summed E-state index contributed by atoms with van der Waals surface area (Å²) in [6.45, 7) is 2.49. The fourth-order valence-corrected chi connectivity index (χ4v) is 6.22. The molecule has 1 saturated carbocycles. The molecule has 3 heterocycles. The molecule has 1 aliphatic carbocycles. The van der Waals surface area contributed by atoms with Crippen LogP contribution in [-0.4, -0.2) is 81.3 Å². The number of halogens is 1. The molecule has 0 amide bonds. The summed E-state index contributed by atoms with van der Waals surface area (Å²) in [5, 5.41) is 13.5. The predicted octanol–water partition coefficient (Wildman–Crippen LogP) is 2.69. The molecule has 3 aromatic rings. The zero-order valence-corrected chi connectivity index (χ0v) is 24.4. The fourth-order valence-electron chi connectivity index (χ4n) is 4.72. The summed E-state index contributed by atoms with van der Waals surface area (Å²) < 4.78 is 53.1. The molecule has 1 unspecified atom stereocenters. The zero-order chi connectivity index (χ0) is 30.2. The average Bonchev–Trinajstić information content (AvgIpc) is 3.70. The Morgan fingerprint density at radius 1 is 1.38 bits per heavy atom. The van der Waals surface area contributed by atoms with Crippen molar-refractivity contribution in [3.63, 3.8) is 0 Å². The van der Waals surface area contributed by atoms with E-state index < -0.39 is 50.5 Å². The smallest absolute Gasteiger partial charge is 0.459 e. The van der Waals surface area contributed by atoms with Gasteiger partial charge in [-0.05, 0) is 38.8 Å². The third-order valence-electron chi connectivity index (χ3n) is 7.15. The highest BCUT2D eigenvalue weighted by molar-refractivity contribution is 7.52. The summed E-state index contributed by atoms with van der Waals surface area (Å²) in [7, 11) is -1.22. The van der Waals surface area contributed by atoms with Crippen LogP contribution in [-0.2, 0) is 23.4 Å². The highest BCUT2D eigenvalue weighted by Crippen LogP contribution is 2.48. The van der Waals surface area contributed by atoms with Gasteiger partial charge in [0, 0.05) is 13.1 Å². The lowest BCUT2D eigenvalue weighted by atomic mass is 9.97. The van der Waals surface area contributed by atoms with Gasteiger partial charge < -0.3 is 24.0 Å². The standard InChI is InChI=1S/C27H32FN6O7P/c1-6-27(28)22(35)20(14-39-42(37,32-16(2)25(36)38-5)41-19-10-8-7-9-11-19)40-26(27)34-15-29-21-23(33(4)18-12-13-18)30-17(3)31-24(21)34/h1,7-11,15-16,18,20,22,26,35H,12-14H2,2-5H3,(H,32,37)/t16-,20-,22-,26-,27-,42?/m1/s1. The van der Waals surface area contributed by atoms with Gasteiger partial charge in [0.15, 0.2) is 23.2 Å². The molecule has 2 N–H and O–H groups in total. The molecule has 2 aliphatic rings. The molecule has 1 aliphatic heterocycles. The summed E-state index contributed by atoms with van der Waals surface area (Å²) in [5.41, 5.74) is -2.04. The van der Waals surface area contributed by atoms with Crippen LogP contribution in [0, 0.1) is 19.3 Å². The van der Waals surface area contributed by atoms with Crippen molar-refractivity contribution in [2.24, 2.45) is 0 Å². The van der Waals surface area contributed by atoms with E-state index in [1.807, 2.05) is 17.9 Å². The second-order valence-corrected chi connectivity index (χ2v) is 11.9. The summed E-state index contributed by atoms with van der Waals surface area (Å²) in [5.74, 6) is 2.49. The molecular formula is C27H32FN6O7P. The maximum Gasteiger partial charge on any atom is 0.459 e. The molecule has 0 spiro atoms. The minimum atomic E-state index is -4.30. The highest BCUT2D eigenvalue weighted by atomic mass is 31.2. The van der Waals surface area contributed by atoms with Crippen LogP contribution < -0.4 is 14.5 Å². The number of aromatic nitrogens is 4. The first-order chi connectivity index (χ1) is 20.0. The van der Waals surface area contributed by atoms with Crippen molar-refractivity contribution in [1.29, 1.82) is 0 Å². The first-order valence-corrected chi connectivity index (χ1v) is 14.8. The largest absolute Gasteiger partial charge is 0.468 e. The number of terminal acetylenes is 1. The highest BCUT2D eigenvalue weighted by Gasteiger charge is 2.58. The summed E-state index contributed by atoms with van der Waals surface area (Å²) >= 11 is 0. The first kappa shape index (κ1) is 29.9. The van der Waals surface area contributed by atoms with Crippen LogP contribution in [0.3, 0.4) is 0 Å². The minimum absolute atomic E-state index is 0.173. The van der Waals surface area contributed by atoms with E-state index in [2.05, 4.69) is 20.0 Å². The number of benzene rings is 1. The lowest BCUT2D eigenvalue weighted by Gasteiger charge is -2.24. The van der Waals surface area contributed by atoms with Gasteiger partial charge in [0.2, 0.25) is 5.67 Å². The lowest BCUT2D eigenvalue weighted by molar-refractivity contribution is -0.142. The number of nitrogens with zero attached hydrogens (tertiary/aromatic N) is 5. The number of carbonyl (C=O) groups is 1. The Balaban J connectivity index is 1.41.